The predicted molar refractivity (Wildman–Crippen MR) is 119 cm³/mol. The van der Waals surface area contributed by atoms with Crippen molar-refractivity contribution in [3.8, 4) is 0 Å². The molecule has 0 aromatic rings. The Morgan fingerprint density at radius 3 is 2.86 bits per heavy atom. The van der Waals surface area contributed by atoms with Crippen LogP contribution >= 0.6 is 0 Å². The molecule has 160 valence electrons. The number of aliphatic hydroxyl groups excluding tert-OH is 2. The van der Waals surface area contributed by atoms with E-state index in [0.29, 0.717) is 24.7 Å². The first-order chi connectivity index (χ1) is 13.8. The van der Waals surface area contributed by atoms with Gasteiger partial charge in [0.05, 0.1) is 25.1 Å². The maximum absolute atomic E-state index is 10.1. The Morgan fingerprint density at radius 1 is 1.38 bits per heavy atom. The van der Waals surface area contributed by atoms with E-state index in [1.54, 1.807) is 12.7 Å². The van der Waals surface area contributed by atoms with Crippen molar-refractivity contribution in [2.24, 2.45) is 17.3 Å². The van der Waals surface area contributed by atoms with Crippen molar-refractivity contribution in [1.29, 1.82) is 0 Å². The number of methoxy groups -OCH3 is 1. The first-order valence-electron chi connectivity index (χ1n) is 11.1. The van der Waals surface area contributed by atoms with Gasteiger partial charge in [0.25, 0.3) is 0 Å². The molecule has 0 heterocycles. The topological polar surface area (TPSA) is 49.7 Å². The van der Waals surface area contributed by atoms with Crippen LogP contribution in [0.5, 0.6) is 0 Å². The Balaban J connectivity index is 1.77. The van der Waals surface area contributed by atoms with Gasteiger partial charge in [-0.15, -0.1) is 0 Å². The molecular formula is C26H38O3. The van der Waals surface area contributed by atoms with E-state index in [0.717, 1.165) is 36.2 Å². The Labute approximate surface area is 176 Å². The monoisotopic (exact) mass is 398 g/mol. The van der Waals surface area contributed by atoms with Crippen molar-refractivity contribution in [2.75, 3.05) is 7.11 Å². The van der Waals surface area contributed by atoms with Crippen LogP contribution in [0.4, 0.5) is 0 Å². The van der Waals surface area contributed by atoms with Crippen LogP contribution in [0.3, 0.4) is 0 Å². The lowest BCUT2D eigenvalue weighted by Crippen LogP contribution is -2.32. The van der Waals surface area contributed by atoms with Gasteiger partial charge < -0.3 is 14.9 Å². The van der Waals surface area contributed by atoms with Gasteiger partial charge in [-0.05, 0) is 79.9 Å². The zero-order valence-electron chi connectivity index (χ0n) is 18.6. The molecule has 2 N–H and O–H groups in total. The van der Waals surface area contributed by atoms with Crippen molar-refractivity contribution < 1.29 is 14.9 Å². The minimum absolute atomic E-state index is 0.236. The van der Waals surface area contributed by atoms with Crippen molar-refractivity contribution in [3.05, 3.63) is 58.9 Å². The molecule has 3 aliphatic carbocycles. The lowest BCUT2D eigenvalue weighted by Gasteiger charge is -2.42. The van der Waals surface area contributed by atoms with Crippen molar-refractivity contribution in [2.45, 2.75) is 77.9 Å². The summed E-state index contributed by atoms with van der Waals surface area (Å²) >= 11 is 0. The van der Waals surface area contributed by atoms with Crippen molar-refractivity contribution in [3.63, 3.8) is 0 Å². The molecule has 3 heteroatoms. The molecular weight excluding hydrogens is 360 g/mol. The zero-order valence-corrected chi connectivity index (χ0v) is 18.6. The highest BCUT2D eigenvalue weighted by Gasteiger charge is 2.45. The minimum atomic E-state index is -0.621. The lowest BCUT2D eigenvalue weighted by molar-refractivity contribution is 0.0862. The number of aliphatic hydroxyl groups is 2. The molecule has 0 aromatic heterocycles. The number of ether oxygens (including phenoxy) is 1. The maximum atomic E-state index is 10.1. The molecule has 3 aliphatic rings. The number of rotatable bonds is 5. The Kier molecular flexibility index (Phi) is 6.90. The van der Waals surface area contributed by atoms with Crippen molar-refractivity contribution in [1.82, 2.24) is 0 Å². The molecule has 0 unspecified atom stereocenters. The summed E-state index contributed by atoms with van der Waals surface area (Å²) in [5.41, 5.74) is 5.12. The van der Waals surface area contributed by atoms with Gasteiger partial charge in [-0.2, -0.15) is 0 Å². The minimum Gasteiger partial charge on any atom is -0.502 e. The van der Waals surface area contributed by atoms with Crippen LogP contribution in [-0.2, 0) is 4.74 Å². The summed E-state index contributed by atoms with van der Waals surface area (Å²) in [7, 11) is 1.73. The van der Waals surface area contributed by atoms with Crippen LogP contribution in [0.2, 0.25) is 0 Å². The average molecular weight is 399 g/mol. The fraction of sp³-hybridized carbons (Fsp3) is 0.615. The molecule has 0 aromatic carbocycles. The largest absolute Gasteiger partial charge is 0.502 e. The third kappa shape index (κ3) is 4.62. The third-order valence-corrected chi connectivity index (χ3v) is 7.49. The predicted octanol–water partition coefficient (Wildman–Crippen LogP) is 5.62. The van der Waals surface area contributed by atoms with Crippen molar-refractivity contribution >= 4 is 0 Å². The van der Waals surface area contributed by atoms with Crippen LogP contribution in [0.25, 0.3) is 0 Å². The van der Waals surface area contributed by atoms with Gasteiger partial charge in [-0.3, -0.25) is 0 Å². The second kappa shape index (κ2) is 9.06. The van der Waals surface area contributed by atoms with E-state index in [-0.39, 0.29) is 5.41 Å². The van der Waals surface area contributed by atoms with Gasteiger partial charge in [0.15, 0.2) is 0 Å². The van der Waals surface area contributed by atoms with E-state index in [2.05, 4.69) is 44.7 Å². The van der Waals surface area contributed by atoms with Crippen LogP contribution in [0.15, 0.2) is 58.9 Å². The van der Waals surface area contributed by atoms with E-state index in [1.165, 1.54) is 18.4 Å². The van der Waals surface area contributed by atoms with Gasteiger partial charge in [-0.1, -0.05) is 49.8 Å². The standard InChI is InChI=1S/C26H38O3/c1-17(8-9-18(2)29-5)23-12-13-24-20(7-6-14-26(23,24)4)10-11-21-15-22(27)16-25(28)19(21)3/h9-12,17,22,24-25,27-28H,3,6-8,13-16H2,1-2,4-5H3/b18-9-,20-10+,21-11-/t17-,22-,24+,25+,26-/m1/s1. The normalized spacial score (nSPS) is 36.9. The third-order valence-electron chi connectivity index (χ3n) is 7.49. The van der Waals surface area contributed by atoms with Gasteiger partial charge in [0, 0.05) is 6.42 Å². The van der Waals surface area contributed by atoms with Gasteiger partial charge in [-0.25, -0.2) is 0 Å². The Bertz CT molecular complexity index is 754. The number of allylic oxidation sites excluding steroid dienone is 7. The number of fused-ring (bicyclic) bond motifs is 1. The molecule has 0 spiro atoms. The molecule has 5 atom stereocenters. The fourth-order valence-corrected chi connectivity index (χ4v) is 5.63. The summed E-state index contributed by atoms with van der Waals surface area (Å²) in [6, 6.07) is 0. The van der Waals surface area contributed by atoms with Crippen LogP contribution in [0, 0.1) is 17.3 Å². The summed E-state index contributed by atoms with van der Waals surface area (Å²) in [6.07, 6.45) is 14.7. The fourth-order valence-electron chi connectivity index (χ4n) is 5.63. The average Bonchev–Trinajstić information content (AvgIpc) is 3.05. The summed E-state index contributed by atoms with van der Waals surface area (Å²) < 4.78 is 5.31. The highest BCUT2D eigenvalue weighted by Crippen LogP contribution is 2.57. The van der Waals surface area contributed by atoms with E-state index in [4.69, 9.17) is 4.74 Å². The molecule has 29 heavy (non-hydrogen) atoms. The summed E-state index contributed by atoms with van der Waals surface area (Å²) in [4.78, 5) is 0. The molecule has 3 rings (SSSR count). The van der Waals surface area contributed by atoms with Crippen LogP contribution in [0.1, 0.15) is 65.7 Å². The Morgan fingerprint density at radius 2 is 2.14 bits per heavy atom. The lowest BCUT2D eigenvalue weighted by atomic mass is 9.62. The molecule has 3 nitrogen and oxygen atoms in total. The van der Waals surface area contributed by atoms with Gasteiger partial charge >= 0.3 is 0 Å². The molecule has 2 fully saturated rings. The molecule has 2 saturated carbocycles. The Hall–Kier alpha value is -1.58. The van der Waals surface area contributed by atoms with E-state index in [1.807, 2.05) is 6.92 Å². The number of hydrogen-bond donors (Lipinski definition) is 2. The molecule has 0 saturated heterocycles. The second-order valence-corrected chi connectivity index (χ2v) is 9.44. The molecule has 0 amide bonds. The maximum Gasteiger partial charge on any atom is 0.0885 e. The second-order valence-electron chi connectivity index (χ2n) is 9.44. The van der Waals surface area contributed by atoms with E-state index < -0.39 is 12.2 Å². The first kappa shape index (κ1) is 22.1. The van der Waals surface area contributed by atoms with Gasteiger partial charge in [0.2, 0.25) is 0 Å². The smallest absolute Gasteiger partial charge is 0.0885 e. The van der Waals surface area contributed by atoms with E-state index >= 15 is 0 Å². The summed E-state index contributed by atoms with van der Waals surface area (Å²) in [6.45, 7) is 10.9. The van der Waals surface area contributed by atoms with Crippen LogP contribution < -0.4 is 0 Å². The molecule has 0 aliphatic heterocycles. The SMILES string of the molecule is C=C1/C(=C\C=C2/CCC[C@]3(C)C([C@H](C)C/C=C(/C)OC)=CC[C@@H]23)C[C@@H](O)C[C@@H]1O. The highest BCUT2D eigenvalue weighted by molar-refractivity contribution is 5.40. The molecule has 0 radical (unpaired) electrons. The first-order valence-corrected chi connectivity index (χ1v) is 11.1. The highest BCUT2D eigenvalue weighted by atomic mass is 16.5. The summed E-state index contributed by atoms with van der Waals surface area (Å²) in [5.74, 6) is 2.08. The van der Waals surface area contributed by atoms with E-state index in [9.17, 15) is 10.2 Å². The number of hydrogen-bond acceptors (Lipinski definition) is 3. The van der Waals surface area contributed by atoms with Crippen LogP contribution in [-0.4, -0.2) is 29.5 Å². The quantitative estimate of drug-likeness (QED) is 0.466. The summed E-state index contributed by atoms with van der Waals surface area (Å²) in [5, 5.41) is 20.1. The van der Waals surface area contributed by atoms with Gasteiger partial charge in [0.1, 0.15) is 0 Å². The zero-order chi connectivity index (χ0) is 21.2. The molecule has 0 bridgehead atoms.